The lowest BCUT2D eigenvalue weighted by atomic mass is 9.91. The molecule has 1 atom stereocenters. The minimum Gasteiger partial charge on any atom is -0.334 e. The quantitative estimate of drug-likeness (QED) is 0.136. The van der Waals surface area contributed by atoms with Gasteiger partial charge >= 0.3 is 5.69 Å². The summed E-state index contributed by atoms with van der Waals surface area (Å²) in [6, 6.07) is 16.6. The maximum Gasteiger partial charge on any atom is 0.355 e. The Hall–Kier alpha value is -4.14. The minimum atomic E-state index is -0.705. The number of carbonyl (C=O) groups excluding carboxylic acids is 1. The third-order valence-corrected chi connectivity index (χ3v) is 6.84. The van der Waals surface area contributed by atoms with Gasteiger partial charge in [-0.2, -0.15) is 5.26 Å². The van der Waals surface area contributed by atoms with Crippen molar-refractivity contribution in [1.82, 2.24) is 15.4 Å². The monoisotopic (exact) mass is 615 g/mol. The summed E-state index contributed by atoms with van der Waals surface area (Å²) in [6.07, 6.45) is 1.08. The van der Waals surface area contributed by atoms with Gasteiger partial charge in [-0.05, 0) is 60.0 Å². The van der Waals surface area contributed by atoms with Gasteiger partial charge in [0.15, 0.2) is 0 Å². The number of rotatable bonds is 8. The van der Waals surface area contributed by atoms with Crippen molar-refractivity contribution in [3.05, 3.63) is 113 Å². The minimum absolute atomic E-state index is 0.0910. The largest absolute Gasteiger partial charge is 0.355 e. The number of nitro groups is 1. The number of hydrogen-bond donors (Lipinski definition) is 3. The molecule has 0 aliphatic carbocycles. The van der Waals surface area contributed by atoms with Crippen molar-refractivity contribution in [2.24, 2.45) is 0 Å². The topological polar surface area (TPSA) is 146 Å². The van der Waals surface area contributed by atoms with E-state index >= 15 is 0 Å². The van der Waals surface area contributed by atoms with Gasteiger partial charge in [0.25, 0.3) is 5.91 Å². The van der Waals surface area contributed by atoms with Crippen molar-refractivity contribution in [3.63, 3.8) is 0 Å². The van der Waals surface area contributed by atoms with Gasteiger partial charge in [-0.25, -0.2) is 9.97 Å². The first kappa shape index (κ1) is 28.9. The smallest absolute Gasteiger partial charge is 0.334 e. The molecule has 10 nitrogen and oxygen atoms in total. The van der Waals surface area contributed by atoms with E-state index in [0.29, 0.717) is 32.4 Å². The van der Waals surface area contributed by atoms with Crippen LogP contribution in [0.2, 0.25) is 20.1 Å². The van der Waals surface area contributed by atoms with Gasteiger partial charge < -0.3 is 5.32 Å². The molecular weight excluding hydrogens is 600 g/mol. The molecule has 4 rings (SSSR count). The number of amides is 1. The van der Waals surface area contributed by atoms with Crippen molar-refractivity contribution < 1.29 is 9.72 Å². The number of hydrogen-bond acceptors (Lipinski definition) is 8. The van der Waals surface area contributed by atoms with E-state index in [1.54, 1.807) is 43.3 Å². The Morgan fingerprint density at radius 2 is 1.65 bits per heavy atom. The summed E-state index contributed by atoms with van der Waals surface area (Å²) in [5.41, 5.74) is 6.63. The van der Waals surface area contributed by atoms with E-state index < -0.39 is 22.4 Å². The van der Waals surface area contributed by atoms with Crippen LogP contribution in [0.25, 0.3) is 0 Å². The molecule has 1 amide bonds. The van der Waals surface area contributed by atoms with Gasteiger partial charge in [-0.3, -0.25) is 25.8 Å². The summed E-state index contributed by atoms with van der Waals surface area (Å²) in [7, 11) is 0. The number of nitrogens with zero attached hydrogens (tertiary/aromatic N) is 4. The van der Waals surface area contributed by atoms with Gasteiger partial charge in [0.05, 0.1) is 27.5 Å². The first-order valence-corrected chi connectivity index (χ1v) is 12.8. The summed E-state index contributed by atoms with van der Waals surface area (Å²) < 4.78 is 0. The molecule has 0 aliphatic heterocycles. The fourth-order valence-corrected chi connectivity index (χ4v) is 4.65. The Labute approximate surface area is 248 Å². The molecule has 3 aromatic carbocycles. The average molecular weight is 617 g/mol. The molecule has 1 heterocycles. The molecular formula is C26H17Cl4N7O3. The molecule has 4 aromatic rings. The Kier molecular flexibility index (Phi) is 8.92. The zero-order valence-corrected chi connectivity index (χ0v) is 23.4. The number of hydrazine groups is 1. The molecule has 1 unspecified atom stereocenters. The summed E-state index contributed by atoms with van der Waals surface area (Å²) in [5, 5.41) is 26.0. The van der Waals surface area contributed by atoms with Gasteiger partial charge in [0, 0.05) is 20.8 Å². The van der Waals surface area contributed by atoms with Crippen LogP contribution in [0.3, 0.4) is 0 Å². The molecule has 14 heteroatoms. The molecule has 202 valence electrons. The number of aromatic nitrogens is 2. The van der Waals surface area contributed by atoms with E-state index in [0.717, 1.165) is 6.33 Å². The second-order valence-corrected chi connectivity index (χ2v) is 9.99. The van der Waals surface area contributed by atoms with Crippen molar-refractivity contribution in [2.75, 3.05) is 10.7 Å². The molecule has 3 N–H and O–H groups in total. The van der Waals surface area contributed by atoms with Gasteiger partial charge in [-0.15, -0.1) is 0 Å². The Morgan fingerprint density at radius 3 is 2.30 bits per heavy atom. The highest BCUT2D eigenvalue weighted by molar-refractivity contribution is 6.36. The molecule has 40 heavy (non-hydrogen) atoms. The zero-order valence-electron chi connectivity index (χ0n) is 20.4. The summed E-state index contributed by atoms with van der Waals surface area (Å²) in [4.78, 5) is 31.7. The Balaban J connectivity index is 1.61. The number of nitrogens with one attached hydrogen (secondary N) is 3. The number of carbonyl (C=O) groups is 1. The molecule has 0 saturated heterocycles. The Morgan fingerprint density at radius 1 is 0.975 bits per heavy atom. The van der Waals surface area contributed by atoms with Crippen LogP contribution < -0.4 is 16.2 Å². The van der Waals surface area contributed by atoms with Gasteiger partial charge in [0.2, 0.25) is 11.6 Å². The van der Waals surface area contributed by atoms with Gasteiger partial charge in [0.1, 0.15) is 6.33 Å². The van der Waals surface area contributed by atoms with Crippen LogP contribution in [0.15, 0.2) is 60.9 Å². The summed E-state index contributed by atoms with van der Waals surface area (Å²) in [5.74, 6) is -1.79. The van der Waals surface area contributed by atoms with Crippen LogP contribution in [-0.4, -0.2) is 20.8 Å². The number of anilines is 3. The summed E-state index contributed by atoms with van der Waals surface area (Å²) >= 11 is 24.5. The number of aryl methyl sites for hydroxylation is 1. The predicted octanol–water partition coefficient (Wildman–Crippen LogP) is 7.46. The van der Waals surface area contributed by atoms with E-state index in [1.165, 1.54) is 18.2 Å². The van der Waals surface area contributed by atoms with E-state index in [1.807, 2.05) is 0 Å². The molecule has 0 saturated carbocycles. The van der Waals surface area contributed by atoms with Crippen LogP contribution in [-0.2, 0) is 0 Å². The first-order chi connectivity index (χ1) is 19.1. The molecule has 0 radical (unpaired) electrons. The Bertz CT molecular complexity index is 1660. The lowest BCUT2D eigenvalue weighted by Gasteiger charge is -2.17. The number of halogens is 4. The van der Waals surface area contributed by atoms with Crippen LogP contribution in [0.5, 0.6) is 0 Å². The van der Waals surface area contributed by atoms with Crippen LogP contribution in [0, 0.1) is 28.4 Å². The zero-order chi connectivity index (χ0) is 29.0. The van der Waals surface area contributed by atoms with E-state index in [4.69, 9.17) is 46.4 Å². The van der Waals surface area contributed by atoms with E-state index in [9.17, 15) is 20.2 Å². The fourth-order valence-electron chi connectivity index (χ4n) is 3.76. The van der Waals surface area contributed by atoms with Gasteiger partial charge in [-0.1, -0.05) is 64.6 Å². The lowest BCUT2D eigenvalue weighted by molar-refractivity contribution is -0.383. The molecule has 0 fully saturated rings. The van der Waals surface area contributed by atoms with Crippen LogP contribution in [0.1, 0.15) is 33.0 Å². The highest BCUT2D eigenvalue weighted by atomic mass is 35.5. The third kappa shape index (κ3) is 6.35. The molecule has 0 spiro atoms. The third-order valence-electron chi connectivity index (χ3n) is 5.72. The highest BCUT2D eigenvalue weighted by Gasteiger charge is 2.25. The first-order valence-electron chi connectivity index (χ1n) is 11.3. The van der Waals surface area contributed by atoms with E-state index in [-0.39, 0.29) is 27.2 Å². The maximum absolute atomic E-state index is 12.5. The second kappa shape index (κ2) is 12.4. The number of benzene rings is 3. The average Bonchev–Trinajstić information content (AvgIpc) is 2.91. The highest BCUT2D eigenvalue weighted by Crippen LogP contribution is 2.37. The van der Waals surface area contributed by atoms with E-state index in [2.05, 4.69) is 32.2 Å². The molecule has 1 aromatic heterocycles. The molecule has 0 bridgehead atoms. The standard InChI is InChI=1S/C26H17Cl4N7O3/c1-13-8-18(19(11-31)14-2-4-15(27)5-3-14)21(30)10-22(13)34-24-23(37(39)40)25(33-12-32-24)35-36-26(38)17-7-6-16(28)9-20(17)29/h2-10,12,19H,1H3,(H,36,38)(H2,32,33,34,35). The van der Waals surface area contributed by atoms with Crippen LogP contribution in [0.4, 0.5) is 23.0 Å². The predicted molar refractivity (Wildman–Crippen MR) is 155 cm³/mol. The van der Waals surface area contributed by atoms with Crippen LogP contribution >= 0.6 is 46.4 Å². The van der Waals surface area contributed by atoms with Crippen molar-refractivity contribution in [2.45, 2.75) is 12.8 Å². The lowest BCUT2D eigenvalue weighted by Crippen LogP contribution is -2.30. The normalized spacial score (nSPS) is 11.3. The van der Waals surface area contributed by atoms with Crippen molar-refractivity contribution in [1.29, 1.82) is 5.26 Å². The maximum atomic E-state index is 12.5. The van der Waals surface area contributed by atoms with Crippen molar-refractivity contribution >= 4 is 75.3 Å². The number of nitriles is 1. The van der Waals surface area contributed by atoms with Crippen molar-refractivity contribution in [3.8, 4) is 6.07 Å². The second-order valence-electron chi connectivity index (χ2n) is 8.31. The SMILES string of the molecule is Cc1cc(C(C#N)c2ccc(Cl)cc2)c(Cl)cc1Nc1ncnc(NNC(=O)c2ccc(Cl)cc2Cl)c1[N+](=O)[O-]. The fraction of sp³-hybridized carbons (Fsp3) is 0.0769. The summed E-state index contributed by atoms with van der Waals surface area (Å²) in [6.45, 7) is 1.75. The molecule has 0 aliphatic rings.